The highest BCUT2D eigenvalue weighted by atomic mass is 35.5. The number of hydrazine groups is 1. The zero-order chi connectivity index (χ0) is 27.3. The highest BCUT2D eigenvalue weighted by molar-refractivity contribution is 6.31. The van der Waals surface area contributed by atoms with Crippen molar-refractivity contribution in [1.82, 2.24) is 19.8 Å². The molecule has 0 radical (unpaired) electrons. The Morgan fingerprint density at radius 1 is 1.00 bits per heavy atom. The number of aromatic nitrogens is 1. The van der Waals surface area contributed by atoms with E-state index in [0.29, 0.717) is 5.02 Å². The minimum atomic E-state index is -1.30. The Labute approximate surface area is 232 Å². The normalized spacial score (nSPS) is 19.3. The molecule has 8 heteroatoms. The molecule has 2 N–H and O–H groups in total. The molecule has 3 aromatic carbocycles. The lowest BCUT2D eigenvalue weighted by molar-refractivity contribution is -0.143. The first-order valence-corrected chi connectivity index (χ1v) is 13.4. The van der Waals surface area contributed by atoms with Gasteiger partial charge in [-0.3, -0.25) is 14.5 Å². The summed E-state index contributed by atoms with van der Waals surface area (Å²) in [4.78, 5) is 30.5. The third-order valence-electron chi connectivity index (χ3n) is 7.88. The van der Waals surface area contributed by atoms with E-state index in [-0.39, 0.29) is 17.9 Å². The number of halogens is 1. The predicted octanol–water partition coefficient (Wildman–Crippen LogP) is 5.47. The summed E-state index contributed by atoms with van der Waals surface area (Å²) in [7, 11) is 4.07. The molecule has 7 nitrogen and oxygen atoms in total. The van der Waals surface area contributed by atoms with Crippen molar-refractivity contribution in [2.45, 2.75) is 31.6 Å². The molecule has 2 atom stereocenters. The average molecular weight is 540 g/mol. The lowest BCUT2D eigenvalue weighted by atomic mass is 9.83. The number of anilines is 1. The zero-order valence-electron chi connectivity index (χ0n) is 22.1. The van der Waals surface area contributed by atoms with Gasteiger partial charge < -0.3 is 9.99 Å². The second kappa shape index (κ2) is 9.68. The first kappa shape index (κ1) is 25.4. The number of hydrogen-bond acceptors (Lipinski definition) is 5. The number of amides is 2. The molecule has 2 aliphatic heterocycles. The molecule has 39 heavy (non-hydrogen) atoms. The van der Waals surface area contributed by atoms with Gasteiger partial charge in [-0.05, 0) is 48.9 Å². The van der Waals surface area contributed by atoms with E-state index in [4.69, 9.17) is 11.6 Å². The van der Waals surface area contributed by atoms with Gasteiger partial charge in [0.1, 0.15) is 0 Å². The Balaban J connectivity index is 1.59. The molecule has 2 aliphatic rings. The average Bonchev–Trinajstić information content (AvgIpc) is 3.58. The second-order valence-corrected chi connectivity index (χ2v) is 10.7. The highest BCUT2D eigenvalue weighted by Crippen LogP contribution is 2.49. The van der Waals surface area contributed by atoms with Crippen molar-refractivity contribution in [2.75, 3.05) is 12.5 Å². The standard InChI is InChI=1S/C31H30ClN5O2/c1-4-26(35(2)18-20-9-6-5-7-10-20)22-11-8-12-25-30(22)31(34-33-25,37-28(38)15-16-29(37)39)24-19-36(3)27-14-13-21(32)17-23(24)27/h5-17,19,26,33-34H,4,18H2,1-3H3. The summed E-state index contributed by atoms with van der Waals surface area (Å²) < 4.78 is 2.00. The van der Waals surface area contributed by atoms with Gasteiger partial charge >= 0.3 is 0 Å². The molecule has 2 amide bonds. The van der Waals surface area contributed by atoms with Crippen LogP contribution in [0.1, 0.15) is 41.6 Å². The molecule has 0 saturated heterocycles. The van der Waals surface area contributed by atoms with Gasteiger partial charge in [0.2, 0.25) is 0 Å². The van der Waals surface area contributed by atoms with Crippen molar-refractivity contribution in [3.05, 3.63) is 112 Å². The number of nitrogens with one attached hydrogen (secondary N) is 2. The number of aryl methyl sites for hydroxylation is 1. The highest BCUT2D eigenvalue weighted by Gasteiger charge is 2.54. The van der Waals surface area contributed by atoms with Gasteiger partial charge in [0.25, 0.3) is 11.8 Å². The molecule has 2 unspecified atom stereocenters. The number of fused-ring (bicyclic) bond motifs is 2. The van der Waals surface area contributed by atoms with E-state index in [1.54, 1.807) is 0 Å². The van der Waals surface area contributed by atoms with Crippen molar-refractivity contribution in [2.24, 2.45) is 7.05 Å². The van der Waals surface area contributed by atoms with Gasteiger partial charge in [0.15, 0.2) is 5.66 Å². The maximum absolute atomic E-state index is 13.4. The van der Waals surface area contributed by atoms with Gasteiger partial charge in [0, 0.05) is 65.0 Å². The predicted molar refractivity (Wildman–Crippen MR) is 154 cm³/mol. The molecule has 0 saturated carbocycles. The summed E-state index contributed by atoms with van der Waals surface area (Å²) >= 11 is 6.48. The van der Waals surface area contributed by atoms with Crippen LogP contribution >= 0.6 is 11.6 Å². The van der Waals surface area contributed by atoms with Gasteiger partial charge in [-0.1, -0.05) is 61.0 Å². The Morgan fingerprint density at radius 3 is 2.46 bits per heavy atom. The molecular formula is C31H30ClN5O2. The molecule has 4 aromatic rings. The fraction of sp³-hybridized carbons (Fsp3) is 0.226. The van der Waals surface area contributed by atoms with E-state index in [0.717, 1.165) is 46.2 Å². The summed E-state index contributed by atoms with van der Waals surface area (Å²) in [6.07, 6.45) is 5.49. The summed E-state index contributed by atoms with van der Waals surface area (Å²) in [6, 6.07) is 22.2. The largest absolute Gasteiger partial charge is 0.350 e. The van der Waals surface area contributed by atoms with Crippen LogP contribution in [0.4, 0.5) is 5.69 Å². The third-order valence-corrected chi connectivity index (χ3v) is 8.11. The van der Waals surface area contributed by atoms with E-state index < -0.39 is 5.66 Å². The van der Waals surface area contributed by atoms with Gasteiger partial charge in [-0.15, -0.1) is 0 Å². The Morgan fingerprint density at radius 2 is 1.74 bits per heavy atom. The van der Waals surface area contributed by atoms with E-state index in [1.807, 2.05) is 66.3 Å². The number of hydrogen-bond donors (Lipinski definition) is 2. The van der Waals surface area contributed by atoms with Crippen LogP contribution in [0.2, 0.25) is 5.02 Å². The van der Waals surface area contributed by atoms with Crippen LogP contribution in [0.15, 0.2) is 85.1 Å². The molecule has 3 heterocycles. The van der Waals surface area contributed by atoms with Crippen molar-refractivity contribution in [1.29, 1.82) is 0 Å². The number of nitrogens with zero attached hydrogens (tertiary/aromatic N) is 3. The summed E-state index contributed by atoms with van der Waals surface area (Å²) in [5.74, 6) is -0.747. The molecule has 0 spiro atoms. The van der Waals surface area contributed by atoms with Crippen molar-refractivity contribution >= 4 is 40.0 Å². The molecular weight excluding hydrogens is 510 g/mol. The van der Waals surface area contributed by atoms with Crippen LogP contribution in [-0.4, -0.2) is 33.2 Å². The van der Waals surface area contributed by atoms with Crippen molar-refractivity contribution < 1.29 is 9.59 Å². The van der Waals surface area contributed by atoms with Crippen LogP contribution in [0.25, 0.3) is 10.9 Å². The number of benzene rings is 3. The number of rotatable bonds is 7. The number of carbonyl (C=O) groups is 2. The Hall–Kier alpha value is -3.91. The third kappa shape index (κ3) is 3.97. The fourth-order valence-corrected chi connectivity index (χ4v) is 6.37. The van der Waals surface area contributed by atoms with Gasteiger partial charge in [-0.2, -0.15) is 0 Å². The van der Waals surface area contributed by atoms with E-state index >= 15 is 0 Å². The van der Waals surface area contributed by atoms with Crippen LogP contribution in [0.5, 0.6) is 0 Å². The topological polar surface area (TPSA) is 69.6 Å². The molecule has 198 valence electrons. The molecule has 0 bridgehead atoms. The summed E-state index contributed by atoms with van der Waals surface area (Å²) in [5.41, 5.74) is 11.1. The number of carbonyl (C=O) groups excluding carboxylic acids is 2. The molecule has 6 rings (SSSR count). The maximum atomic E-state index is 13.4. The van der Waals surface area contributed by atoms with E-state index in [2.05, 4.69) is 47.9 Å². The SMILES string of the molecule is CCC(c1cccc2c1C(c1cn(C)c3ccc(Cl)cc13)(N1C(=O)C=CC1=O)NN2)N(C)Cc1ccccc1. The molecule has 0 fully saturated rings. The first-order valence-electron chi connectivity index (χ1n) is 13.1. The van der Waals surface area contributed by atoms with Gasteiger partial charge in [0.05, 0.1) is 5.69 Å². The second-order valence-electron chi connectivity index (χ2n) is 10.2. The van der Waals surface area contributed by atoms with Crippen LogP contribution in [-0.2, 0) is 28.8 Å². The quantitative estimate of drug-likeness (QED) is 0.305. The molecule has 1 aromatic heterocycles. The first-order chi connectivity index (χ1) is 18.8. The zero-order valence-corrected chi connectivity index (χ0v) is 22.9. The minimum absolute atomic E-state index is 0.0144. The lowest BCUT2D eigenvalue weighted by Gasteiger charge is -2.40. The van der Waals surface area contributed by atoms with E-state index in [1.165, 1.54) is 22.6 Å². The van der Waals surface area contributed by atoms with Crippen molar-refractivity contribution in [3.8, 4) is 0 Å². The maximum Gasteiger partial charge on any atom is 0.255 e. The smallest absolute Gasteiger partial charge is 0.255 e. The van der Waals surface area contributed by atoms with Crippen LogP contribution in [0.3, 0.4) is 0 Å². The lowest BCUT2D eigenvalue weighted by Crippen LogP contribution is -2.58. The van der Waals surface area contributed by atoms with Crippen LogP contribution < -0.4 is 10.9 Å². The Bertz CT molecular complexity index is 1610. The summed E-state index contributed by atoms with van der Waals surface area (Å²) in [6.45, 7) is 2.92. The number of imide groups is 1. The monoisotopic (exact) mass is 539 g/mol. The summed E-state index contributed by atoms with van der Waals surface area (Å²) in [5, 5.41) is 1.44. The fourth-order valence-electron chi connectivity index (χ4n) is 6.20. The van der Waals surface area contributed by atoms with E-state index in [9.17, 15) is 9.59 Å². The minimum Gasteiger partial charge on any atom is -0.350 e. The van der Waals surface area contributed by atoms with Gasteiger partial charge in [-0.25, -0.2) is 10.3 Å². The molecule has 0 aliphatic carbocycles. The van der Waals surface area contributed by atoms with Crippen molar-refractivity contribution in [3.63, 3.8) is 0 Å². The van der Waals surface area contributed by atoms with Crippen LogP contribution in [0, 0.1) is 0 Å². The Kier molecular flexibility index (Phi) is 6.30.